The van der Waals surface area contributed by atoms with Gasteiger partial charge in [0.2, 0.25) is 5.13 Å². The maximum atomic E-state index is 12.1. The fraction of sp³-hybridized carbons (Fsp3) is 0.0714. The topological polar surface area (TPSA) is 122 Å². The number of aromatic nitrogens is 3. The molecule has 0 aliphatic carbocycles. The summed E-state index contributed by atoms with van der Waals surface area (Å²) in [5.41, 5.74) is 0.333. The quantitative estimate of drug-likeness (QED) is 0.720. The zero-order valence-electron chi connectivity index (χ0n) is 12.3. The van der Waals surface area contributed by atoms with E-state index in [0.29, 0.717) is 11.3 Å². The highest BCUT2D eigenvalue weighted by molar-refractivity contribution is 7.90. The van der Waals surface area contributed by atoms with Crippen LogP contribution in [0.3, 0.4) is 0 Å². The van der Waals surface area contributed by atoms with E-state index in [0.717, 1.165) is 22.3 Å². The number of aromatic amines is 1. The van der Waals surface area contributed by atoms with E-state index in [1.165, 1.54) is 23.6 Å². The van der Waals surface area contributed by atoms with E-state index in [9.17, 15) is 18.0 Å². The van der Waals surface area contributed by atoms with Crippen LogP contribution in [0.25, 0.3) is 16.4 Å². The van der Waals surface area contributed by atoms with Gasteiger partial charge in [0.25, 0.3) is 5.56 Å². The Morgan fingerprint density at radius 1 is 1.33 bits per heavy atom. The van der Waals surface area contributed by atoms with Gasteiger partial charge >= 0.3 is 5.97 Å². The number of aromatic carboxylic acids is 1. The molecule has 2 N–H and O–H groups in total. The number of carboxylic acids is 1. The fourth-order valence-electron chi connectivity index (χ4n) is 2.05. The highest BCUT2D eigenvalue weighted by atomic mass is 32.2. The molecule has 0 saturated carbocycles. The zero-order valence-corrected chi connectivity index (χ0v) is 13.9. The summed E-state index contributed by atoms with van der Waals surface area (Å²) in [6, 6.07) is 7.45. The lowest BCUT2D eigenvalue weighted by Crippen LogP contribution is -2.13. The Balaban J connectivity index is 2.06. The van der Waals surface area contributed by atoms with Gasteiger partial charge in [-0.1, -0.05) is 12.1 Å². The summed E-state index contributed by atoms with van der Waals surface area (Å²) < 4.78 is 24.4. The summed E-state index contributed by atoms with van der Waals surface area (Å²) >= 11 is 1.00. The van der Waals surface area contributed by atoms with Crippen LogP contribution in [0.4, 0.5) is 0 Å². The Labute approximate surface area is 139 Å². The Hall–Kier alpha value is -2.72. The molecule has 0 saturated heterocycles. The van der Waals surface area contributed by atoms with Gasteiger partial charge in [0.15, 0.2) is 15.5 Å². The standard InChI is InChI=1S/C14H11N3O5S2/c1-24(21,22)9-4-2-3-8(5-9)10-6-12(18)17(16-10)14-15-11(7-23-14)13(19)20/h2-7,16H,1H3,(H,19,20). The molecule has 1 aromatic carbocycles. The number of nitrogens with zero attached hydrogens (tertiary/aromatic N) is 2. The number of rotatable bonds is 4. The molecule has 0 bridgehead atoms. The normalized spacial score (nSPS) is 11.5. The first-order chi connectivity index (χ1) is 11.3. The van der Waals surface area contributed by atoms with E-state index >= 15 is 0 Å². The molecule has 3 aromatic rings. The molecule has 2 heterocycles. The largest absolute Gasteiger partial charge is 0.476 e. The lowest BCUT2D eigenvalue weighted by Gasteiger charge is -2.02. The lowest BCUT2D eigenvalue weighted by atomic mass is 10.2. The number of thiazole rings is 1. The van der Waals surface area contributed by atoms with Crippen LogP contribution in [0, 0.1) is 0 Å². The van der Waals surface area contributed by atoms with Crippen LogP contribution in [0.15, 0.2) is 45.4 Å². The van der Waals surface area contributed by atoms with Crippen molar-refractivity contribution in [3.63, 3.8) is 0 Å². The summed E-state index contributed by atoms with van der Waals surface area (Å²) in [6.07, 6.45) is 1.10. The van der Waals surface area contributed by atoms with Gasteiger partial charge in [0.1, 0.15) is 0 Å². The average Bonchev–Trinajstić information content (AvgIpc) is 3.13. The van der Waals surface area contributed by atoms with Crippen molar-refractivity contribution in [3.8, 4) is 16.4 Å². The summed E-state index contributed by atoms with van der Waals surface area (Å²) in [5.74, 6) is -1.18. The molecule has 8 nitrogen and oxygen atoms in total. The van der Waals surface area contributed by atoms with Gasteiger partial charge in [-0.15, -0.1) is 11.3 Å². The molecule has 2 aromatic heterocycles. The van der Waals surface area contributed by atoms with Crippen molar-refractivity contribution < 1.29 is 18.3 Å². The first-order valence-corrected chi connectivity index (χ1v) is 9.34. The smallest absolute Gasteiger partial charge is 0.355 e. The van der Waals surface area contributed by atoms with Crippen LogP contribution < -0.4 is 5.56 Å². The van der Waals surface area contributed by atoms with Gasteiger partial charge in [-0.3, -0.25) is 9.89 Å². The molecule has 24 heavy (non-hydrogen) atoms. The number of nitrogens with one attached hydrogen (secondary N) is 1. The number of benzene rings is 1. The predicted octanol–water partition coefficient (Wildman–Crippen LogP) is 1.39. The molecule has 0 fully saturated rings. The fourth-order valence-corrected chi connectivity index (χ4v) is 3.47. The van der Waals surface area contributed by atoms with Crippen LogP contribution in [0.1, 0.15) is 10.5 Å². The van der Waals surface area contributed by atoms with E-state index in [1.807, 2.05) is 0 Å². The maximum Gasteiger partial charge on any atom is 0.355 e. The predicted molar refractivity (Wildman–Crippen MR) is 87.6 cm³/mol. The number of carboxylic acid groups (broad SMARTS) is 1. The van der Waals surface area contributed by atoms with Crippen LogP contribution in [0.5, 0.6) is 0 Å². The van der Waals surface area contributed by atoms with Gasteiger partial charge in [0, 0.05) is 23.3 Å². The molecule has 124 valence electrons. The Kier molecular flexibility index (Phi) is 3.85. The van der Waals surface area contributed by atoms with Crippen molar-refractivity contribution in [2.75, 3.05) is 6.26 Å². The molecule has 10 heteroatoms. The Morgan fingerprint density at radius 3 is 2.71 bits per heavy atom. The van der Waals surface area contributed by atoms with E-state index < -0.39 is 21.4 Å². The summed E-state index contributed by atoms with van der Waals surface area (Å²) in [4.78, 5) is 27.0. The summed E-state index contributed by atoms with van der Waals surface area (Å²) in [7, 11) is -3.37. The van der Waals surface area contributed by atoms with E-state index in [-0.39, 0.29) is 15.7 Å². The summed E-state index contributed by atoms with van der Waals surface area (Å²) in [5, 5.41) is 13.2. The lowest BCUT2D eigenvalue weighted by molar-refractivity contribution is 0.0691. The molecular formula is C14H11N3O5S2. The van der Waals surface area contributed by atoms with Gasteiger partial charge in [-0.05, 0) is 12.1 Å². The van der Waals surface area contributed by atoms with Gasteiger partial charge in [-0.2, -0.15) is 4.68 Å². The monoisotopic (exact) mass is 365 g/mol. The molecule has 0 aliphatic rings. The minimum Gasteiger partial charge on any atom is -0.476 e. The van der Waals surface area contributed by atoms with Gasteiger partial charge < -0.3 is 5.11 Å². The molecule has 0 unspecified atom stereocenters. The highest BCUT2D eigenvalue weighted by Gasteiger charge is 2.14. The number of hydrogen-bond donors (Lipinski definition) is 2. The second-order valence-corrected chi connectivity index (χ2v) is 7.82. The van der Waals surface area contributed by atoms with Crippen molar-refractivity contribution in [1.82, 2.24) is 14.8 Å². The first kappa shape index (κ1) is 16.1. The van der Waals surface area contributed by atoms with Crippen molar-refractivity contribution in [1.29, 1.82) is 0 Å². The van der Waals surface area contributed by atoms with Crippen LogP contribution in [-0.2, 0) is 9.84 Å². The third kappa shape index (κ3) is 3.01. The number of sulfone groups is 1. The minimum atomic E-state index is -3.37. The van der Waals surface area contributed by atoms with Crippen molar-refractivity contribution in [2.45, 2.75) is 4.90 Å². The van der Waals surface area contributed by atoms with Crippen LogP contribution >= 0.6 is 11.3 Å². The second kappa shape index (κ2) is 5.73. The molecule has 0 atom stereocenters. The van der Waals surface area contributed by atoms with E-state index in [4.69, 9.17) is 5.11 Å². The number of hydrogen-bond acceptors (Lipinski definition) is 6. The van der Waals surface area contributed by atoms with E-state index in [2.05, 4.69) is 10.1 Å². The van der Waals surface area contributed by atoms with Gasteiger partial charge in [0.05, 0.1) is 10.6 Å². The Morgan fingerprint density at radius 2 is 2.08 bits per heavy atom. The van der Waals surface area contributed by atoms with Crippen molar-refractivity contribution in [2.24, 2.45) is 0 Å². The van der Waals surface area contributed by atoms with Gasteiger partial charge in [-0.25, -0.2) is 18.2 Å². The number of carbonyl (C=O) groups is 1. The molecule has 0 radical (unpaired) electrons. The molecule has 0 aliphatic heterocycles. The Bertz CT molecular complexity index is 1090. The second-order valence-electron chi connectivity index (χ2n) is 4.96. The van der Waals surface area contributed by atoms with Crippen molar-refractivity contribution >= 4 is 27.1 Å². The first-order valence-electron chi connectivity index (χ1n) is 6.57. The summed E-state index contributed by atoms with van der Waals surface area (Å²) in [6.45, 7) is 0. The number of H-pyrrole nitrogens is 1. The third-order valence-corrected chi connectivity index (χ3v) is 5.13. The molecule has 0 amide bonds. The average molecular weight is 365 g/mol. The van der Waals surface area contributed by atoms with E-state index in [1.54, 1.807) is 12.1 Å². The van der Waals surface area contributed by atoms with Crippen molar-refractivity contribution in [3.05, 3.63) is 51.8 Å². The van der Waals surface area contributed by atoms with Crippen LogP contribution in [-0.4, -0.2) is 40.5 Å². The third-order valence-electron chi connectivity index (χ3n) is 3.20. The molecular weight excluding hydrogens is 354 g/mol. The minimum absolute atomic E-state index is 0.135. The molecule has 0 spiro atoms. The molecule has 3 rings (SSSR count). The van der Waals surface area contributed by atoms with Crippen LogP contribution in [0.2, 0.25) is 0 Å². The zero-order chi connectivity index (χ0) is 17.5. The SMILES string of the molecule is CS(=O)(=O)c1cccc(-c2cc(=O)n(-c3nc(C(=O)O)cs3)[nH]2)c1. The highest BCUT2D eigenvalue weighted by Crippen LogP contribution is 2.21. The maximum absolute atomic E-state index is 12.1.